The van der Waals surface area contributed by atoms with Crippen molar-refractivity contribution in [2.24, 2.45) is 5.18 Å². The van der Waals surface area contributed by atoms with Crippen molar-refractivity contribution in [1.29, 1.82) is 5.26 Å². The number of nitrogens with zero attached hydrogens (tertiary/aromatic N) is 2. The molecular formula is C7H3BrN2O. The molecule has 0 saturated carbocycles. The van der Waals surface area contributed by atoms with Crippen LogP contribution in [0.3, 0.4) is 0 Å². The second kappa shape index (κ2) is 3.26. The van der Waals surface area contributed by atoms with Crippen LogP contribution in [0, 0.1) is 16.2 Å². The fraction of sp³-hybridized carbons (Fsp3) is 0. The topological polar surface area (TPSA) is 53.2 Å². The summed E-state index contributed by atoms with van der Waals surface area (Å²) in [6, 6.07) is 6.59. The monoisotopic (exact) mass is 210 g/mol. The van der Waals surface area contributed by atoms with Crippen LogP contribution in [0.25, 0.3) is 0 Å². The van der Waals surface area contributed by atoms with Crippen LogP contribution in [0.2, 0.25) is 0 Å². The lowest BCUT2D eigenvalue weighted by Crippen LogP contribution is -1.74. The zero-order valence-electron chi connectivity index (χ0n) is 5.41. The minimum Gasteiger partial charge on any atom is -0.192 e. The first-order valence-corrected chi connectivity index (χ1v) is 3.60. The Bertz CT molecular complexity index is 330. The lowest BCUT2D eigenvalue weighted by atomic mass is 10.2. The second-order valence-corrected chi connectivity index (χ2v) is 2.78. The minimum absolute atomic E-state index is 0.168. The van der Waals surface area contributed by atoms with E-state index in [1.54, 1.807) is 12.1 Å². The molecule has 0 unspecified atom stereocenters. The van der Waals surface area contributed by atoms with Crippen molar-refractivity contribution < 1.29 is 0 Å². The summed E-state index contributed by atoms with van der Waals surface area (Å²) in [5.41, 5.74) is 0.463. The normalized spacial score (nSPS) is 8.73. The molecule has 0 saturated heterocycles. The van der Waals surface area contributed by atoms with Crippen molar-refractivity contribution in [3.8, 4) is 6.07 Å². The van der Waals surface area contributed by atoms with Gasteiger partial charge in [0.2, 0.25) is 0 Å². The summed E-state index contributed by atoms with van der Waals surface area (Å²) in [7, 11) is 0. The van der Waals surface area contributed by atoms with Crippen LogP contribution in [-0.4, -0.2) is 0 Å². The van der Waals surface area contributed by atoms with Gasteiger partial charge in [-0.05, 0) is 23.4 Å². The van der Waals surface area contributed by atoms with Crippen molar-refractivity contribution in [3.63, 3.8) is 0 Å². The third-order valence-corrected chi connectivity index (χ3v) is 1.67. The third-order valence-electron chi connectivity index (χ3n) is 1.18. The molecule has 1 aromatic rings. The number of nitroso groups, excluding NO2 is 1. The molecule has 0 fully saturated rings. The van der Waals surface area contributed by atoms with Gasteiger partial charge in [0.25, 0.3) is 0 Å². The fourth-order valence-electron chi connectivity index (χ4n) is 0.675. The Kier molecular flexibility index (Phi) is 2.34. The molecule has 0 heterocycles. The number of rotatable bonds is 1. The van der Waals surface area contributed by atoms with Gasteiger partial charge in [-0.1, -0.05) is 15.9 Å². The fourth-order valence-corrected chi connectivity index (χ4v) is 1.02. The molecule has 11 heavy (non-hydrogen) atoms. The van der Waals surface area contributed by atoms with Crippen molar-refractivity contribution in [1.82, 2.24) is 0 Å². The van der Waals surface area contributed by atoms with Gasteiger partial charge >= 0.3 is 0 Å². The van der Waals surface area contributed by atoms with E-state index in [0.717, 1.165) is 4.47 Å². The Morgan fingerprint density at radius 1 is 1.55 bits per heavy atom. The van der Waals surface area contributed by atoms with E-state index in [0.29, 0.717) is 5.56 Å². The first-order valence-electron chi connectivity index (χ1n) is 2.81. The summed E-state index contributed by atoms with van der Waals surface area (Å²) >= 11 is 3.16. The number of benzene rings is 1. The number of halogens is 1. The number of nitriles is 1. The van der Waals surface area contributed by atoms with Crippen LogP contribution in [0.5, 0.6) is 0 Å². The molecule has 1 aromatic carbocycles. The van der Waals surface area contributed by atoms with Crippen molar-refractivity contribution in [2.75, 3.05) is 0 Å². The Balaban J connectivity index is 3.30. The Hall–Kier alpha value is -1.21. The summed E-state index contributed by atoms with van der Waals surface area (Å²) in [5, 5.41) is 11.2. The zero-order valence-corrected chi connectivity index (χ0v) is 7.00. The largest absolute Gasteiger partial charge is 0.192 e. The van der Waals surface area contributed by atoms with Gasteiger partial charge in [0.1, 0.15) is 11.8 Å². The van der Waals surface area contributed by atoms with Crippen LogP contribution in [0.1, 0.15) is 5.56 Å². The SMILES string of the molecule is N#Cc1ccc(Br)cc1N=O. The highest BCUT2D eigenvalue weighted by molar-refractivity contribution is 9.10. The molecule has 1 rings (SSSR count). The summed E-state index contributed by atoms with van der Waals surface area (Å²) in [5.74, 6) is 0. The molecule has 0 aliphatic carbocycles. The van der Waals surface area contributed by atoms with Crippen LogP contribution < -0.4 is 0 Å². The van der Waals surface area contributed by atoms with Gasteiger partial charge in [-0.2, -0.15) is 5.26 Å². The average Bonchev–Trinajstić information content (AvgIpc) is 2.04. The van der Waals surface area contributed by atoms with E-state index in [1.165, 1.54) is 6.07 Å². The summed E-state index contributed by atoms with van der Waals surface area (Å²) in [4.78, 5) is 10.1. The van der Waals surface area contributed by atoms with Gasteiger partial charge in [0, 0.05) is 4.47 Å². The van der Waals surface area contributed by atoms with Gasteiger partial charge in [0.15, 0.2) is 0 Å². The van der Waals surface area contributed by atoms with E-state index < -0.39 is 0 Å². The van der Waals surface area contributed by atoms with E-state index in [9.17, 15) is 4.91 Å². The van der Waals surface area contributed by atoms with E-state index in [-0.39, 0.29) is 5.69 Å². The molecule has 0 spiro atoms. The maximum atomic E-state index is 10.1. The highest BCUT2D eigenvalue weighted by Gasteiger charge is 2.00. The maximum absolute atomic E-state index is 10.1. The van der Waals surface area contributed by atoms with E-state index in [2.05, 4.69) is 21.1 Å². The minimum atomic E-state index is 0.168. The van der Waals surface area contributed by atoms with Gasteiger partial charge in [0.05, 0.1) is 5.56 Å². The molecule has 0 atom stereocenters. The molecule has 3 nitrogen and oxygen atoms in total. The molecule has 4 heteroatoms. The molecule has 0 amide bonds. The first kappa shape index (κ1) is 7.89. The van der Waals surface area contributed by atoms with Crippen molar-refractivity contribution in [2.45, 2.75) is 0 Å². The number of hydrogen-bond acceptors (Lipinski definition) is 3. The molecular weight excluding hydrogens is 208 g/mol. The highest BCUT2D eigenvalue weighted by atomic mass is 79.9. The standard InChI is InChI=1S/C7H3BrN2O/c8-6-2-1-5(4-9)7(3-6)10-11/h1-3H. The Morgan fingerprint density at radius 2 is 2.27 bits per heavy atom. The first-order chi connectivity index (χ1) is 5.27. The molecule has 0 aliphatic heterocycles. The smallest absolute Gasteiger partial charge is 0.126 e. The molecule has 0 N–H and O–H groups in total. The van der Waals surface area contributed by atoms with E-state index in [4.69, 9.17) is 5.26 Å². The van der Waals surface area contributed by atoms with Gasteiger partial charge < -0.3 is 0 Å². The summed E-state index contributed by atoms with van der Waals surface area (Å²) in [6.07, 6.45) is 0. The van der Waals surface area contributed by atoms with Crippen molar-refractivity contribution >= 4 is 21.6 Å². The quantitative estimate of drug-likeness (QED) is 0.670. The molecule has 0 radical (unpaired) electrons. The molecule has 0 aromatic heterocycles. The van der Waals surface area contributed by atoms with Gasteiger partial charge in [-0.25, -0.2) is 0 Å². The van der Waals surface area contributed by atoms with Crippen LogP contribution in [0.4, 0.5) is 5.69 Å². The van der Waals surface area contributed by atoms with Gasteiger partial charge in [-0.15, -0.1) is 4.91 Å². The maximum Gasteiger partial charge on any atom is 0.126 e. The van der Waals surface area contributed by atoms with Crippen LogP contribution in [-0.2, 0) is 0 Å². The lowest BCUT2D eigenvalue weighted by Gasteiger charge is -1.92. The van der Waals surface area contributed by atoms with Gasteiger partial charge in [-0.3, -0.25) is 0 Å². The molecule has 0 bridgehead atoms. The van der Waals surface area contributed by atoms with Crippen LogP contribution in [0.15, 0.2) is 27.8 Å². The third kappa shape index (κ3) is 1.63. The predicted molar refractivity (Wildman–Crippen MR) is 44.3 cm³/mol. The van der Waals surface area contributed by atoms with Crippen LogP contribution >= 0.6 is 15.9 Å². The van der Waals surface area contributed by atoms with Crippen molar-refractivity contribution in [3.05, 3.63) is 33.1 Å². The summed E-state index contributed by atoms with van der Waals surface area (Å²) < 4.78 is 0.742. The number of hydrogen-bond donors (Lipinski definition) is 0. The highest BCUT2D eigenvalue weighted by Crippen LogP contribution is 2.22. The second-order valence-electron chi connectivity index (χ2n) is 1.86. The zero-order chi connectivity index (χ0) is 8.27. The lowest BCUT2D eigenvalue weighted by molar-refractivity contribution is 1.42. The summed E-state index contributed by atoms with van der Waals surface area (Å²) in [6.45, 7) is 0. The molecule has 54 valence electrons. The average molecular weight is 211 g/mol. The van der Waals surface area contributed by atoms with E-state index in [1.807, 2.05) is 6.07 Å². The predicted octanol–water partition coefficient (Wildman–Crippen LogP) is 2.72. The Morgan fingerprint density at radius 3 is 2.82 bits per heavy atom. The Labute approximate surface area is 71.8 Å². The molecule has 0 aliphatic rings. The van der Waals surface area contributed by atoms with E-state index >= 15 is 0 Å².